The van der Waals surface area contributed by atoms with Crippen molar-refractivity contribution in [2.45, 2.75) is 38.6 Å². The predicted octanol–water partition coefficient (Wildman–Crippen LogP) is 4.30. The fourth-order valence-corrected chi connectivity index (χ4v) is 4.94. The molecule has 1 saturated heterocycles. The zero-order chi connectivity index (χ0) is 22.2. The van der Waals surface area contributed by atoms with Crippen LogP contribution in [0.2, 0.25) is 5.02 Å². The van der Waals surface area contributed by atoms with Crippen molar-refractivity contribution in [2.75, 3.05) is 13.1 Å². The Kier molecular flexibility index (Phi) is 5.43. The van der Waals surface area contributed by atoms with E-state index < -0.39 is 0 Å². The van der Waals surface area contributed by atoms with Crippen LogP contribution in [0.25, 0.3) is 21.8 Å². The number of halogens is 1. The lowest BCUT2D eigenvalue weighted by Gasteiger charge is -2.34. The van der Waals surface area contributed by atoms with Crippen molar-refractivity contribution in [3.05, 3.63) is 69.4 Å². The number of carbonyl (C=O) groups excluding carboxylic acids is 1. The average Bonchev–Trinajstić information content (AvgIpc) is 3.20. The van der Waals surface area contributed by atoms with Crippen molar-refractivity contribution < 1.29 is 9.32 Å². The summed E-state index contributed by atoms with van der Waals surface area (Å²) >= 11 is 6.52. The number of amides is 1. The van der Waals surface area contributed by atoms with Crippen LogP contribution in [0.1, 0.15) is 36.6 Å². The molecule has 1 aliphatic heterocycles. The van der Waals surface area contributed by atoms with Gasteiger partial charge in [0.15, 0.2) is 0 Å². The van der Waals surface area contributed by atoms with Gasteiger partial charge in [0.1, 0.15) is 16.7 Å². The maximum atomic E-state index is 13.5. The van der Waals surface area contributed by atoms with E-state index in [1.807, 2.05) is 29.2 Å². The van der Waals surface area contributed by atoms with Gasteiger partial charge in [-0.3, -0.25) is 14.6 Å². The predicted molar refractivity (Wildman–Crippen MR) is 123 cm³/mol. The summed E-state index contributed by atoms with van der Waals surface area (Å²) in [4.78, 5) is 32.5. The van der Waals surface area contributed by atoms with Crippen LogP contribution in [-0.2, 0) is 11.2 Å². The molecule has 4 heterocycles. The second-order valence-corrected chi connectivity index (χ2v) is 8.68. The number of carbonyl (C=O) groups is 1. The summed E-state index contributed by atoms with van der Waals surface area (Å²) in [5.41, 5.74) is 2.10. The molecule has 4 aromatic rings. The van der Waals surface area contributed by atoms with Gasteiger partial charge in [-0.1, -0.05) is 28.9 Å². The molecular formula is C24H23ClN4O3. The molecule has 1 fully saturated rings. The van der Waals surface area contributed by atoms with E-state index >= 15 is 0 Å². The van der Waals surface area contributed by atoms with Crippen LogP contribution < -0.4 is 5.56 Å². The number of rotatable bonds is 4. The molecule has 5 rings (SSSR count). The molecule has 1 amide bonds. The van der Waals surface area contributed by atoms with Crippen molar-refractivity contribution in [2.24, 2.45) is 0 Å². The molecule has 0 N–H and O–H groups in total. The Morgan fingerprint density at radius 2 is 2.12 bits per heavy atom. The van der Waals surface area contributed by atoms with Crippen LogP contribution in [0.3, 0.4) is 0 Å². The van der Waals surface area contributed by atoms with Crippen LogP contribution >= 0.6 is 11.6 Å². The van der Waals surface area contributed by atoms with E-state index in [-0.39, 0.29) is 17.5 Å². The zero-order valence-corrected chi connectivity index (χ0v) is 18.5. The van der Waals surface area contributed by atoms with Crippen LogP contribution in [-0.4, -0.2) is 38.6 Å². The van der Waals surface area contributed by atoms with Gasteiger partial charge in [0, 0.05) is 37.3 Å². The van der Waals surface area contributed by atoms with Gasteiger partial charge in [-0.2, -0.15) is 0 Å². The molecule has 1 unspecified atom stereocenters. The second-order valence-electron chi connectivity index (χ2n) is 8.27. The van der Waals surface area contributed by atoms with E-state index in [0.717, 1.165) is 23.9 Å². The summed E-state index contributed by atoms with van der Waals surface area (Å²) in [6.45, 7) is 2.92. The van der Waals surface area contributed by atoms with E-state index in [1.165, 1.54) is 0 Å². The van der Waals surface area contributed by atoms with Gasteiger partial charge in [-0.05, 0) is 49.9 Å². The highest BCUT2D eigenvalue weighted by Gasteiger charge is 2.28. The quantitative estimate of drug-likeness (QED) is 0.463. The zero-order valence-electron chi connectivity index (χ0n) is 17.8. The lowest BCUT2D eigenvalue weighted by atomic mass is 10.0. The summed E-state index contributed by atoms with van der Waals surface area (Å²) in [6, 6.07) is 9.22. The van der Waals surface area contributed by atoms with Gasteiger partial charge in [0.2, 0.25) is 5.91 Å². The van der Waals surface area contributed by atoms with Gasteiger partial charge in [-0.25, -0.2) is 0 Å². The average molecular weight is 451 g/mol. The van der Waals surface area contributed by atoms with Crippen molar-refractivity contribution >= 4 is 39.3 Å². The molecule has 7 nitrogen and oxygen atoms in total. The van der Waals surface area contributed by atoms with Crippen LogP contribution in [0.4, 0.5) is 0 Å². The SMILES string of the molecule is Cc1onc2c1c(=O)n(C1CCCN(C(=O)CCc3cccnc3)C1)c1cccc(Cl)c21. The number of benzene rings is 1. The Labute approximate surface area is 189 Å². The fourth-order valence-electron chi connectivity index (χ4n) is 4.68. The fraction of sp³-hybridized carbons (Fsp3) is 0.333. The van der Waals surface area contributed by atoms with Gasteiger partial charge < -0.3 is 14.0 Å². The maximum absolute atomic E-state index is 13.5. The number of aromatic nitrogens is 3. The largest absolute Gasteiger partial charge is 0.360 e. The lowest BCUT2D eigenvalue weighted by molar-refractivity contribution is -0.132. The van der Waals surface area contributed by atoms with Crippen molar-refractivity contribution in [3.8, 4) is 0 Å². The molecule has 0 aliphatic carbocycles. The highest BCUT2D eigenvalue weighted by atomic mass is 35.5. The molecule has 0 saturated carbocycles. The van der Waals surface area contributed by atoms with Crippen molar-refractivity contribution in [1.29, 1.82) is 0 Å². The molecule has 1 aliphatic rings. The molecule has 3 aromatic heterocycles. The first-order valence-corrected chi connectivity index (χ1v) is 11.2. The summed E-state index contributed by atoms with van der Waals surface area (Å²) in [5, 5.41) is 5.79. The van der Waals surface area contributed by atoms with Gasteiger partial charge in [-0.15, -0.1) is 0 Å². The molecule has 164 valence electrons. The van der Waals surface area contributed by atoms with Crippen LogP contribution in [0.15, 0.2) is 52.0 Å². The molecule has 0 bridgehead atoms. The first-order valence-electron chi connectivity index (χ1n) is 10.8. The van der Waals surface area contributed by atoms with E-state index in [1.54, 1.807) is 30.0 Å². The molecule has 1 atom stereocenters. The number of pyridine rings is 2. The number of fused-ring (bicyclic) bond motifs is 3. The van der Waals surface area contributed by atoms with E-state index in [0.29, 0.717) is 53.0 Å². The van der Waals surface area contributed by atoms with Crippen LogP contribution in [0, 0.1) is 6.92 Å². The summed E-state index contributed by atoms with van der Waals surface area (Å²) in [6.07, 6.45) is 6.23. The van der Waals surface area contributed by atoms with Gasteiger partial charge in [0.25, 0.3) is 5.56 Å². The molecular weight excluding hydrogens is 428 g/mol. The van der Waals surface area contributed by atoms with Crippen molar-refractivity contribution in [3.63, 3.8) is 0 Å². The van der Waals surface area contributed by atoms with Gasteiger partial charge >= 0.3 is 0 Å². The Morgan fingerprint density at radius 3 is 2.94 bits per heavy atom. The maximum Gasteiger partial charge on any atom is 0.264 e. The minimum Gasteiger partial charge on any atom is -0.360 e. The Balaban J connectivity index is 1.49. The smallest absolute Gasteiger partial charge is 0.264 e. The first-order chi connectivity index (χ1) is 15.5. The number of nitrogens with zero attached hydrogens (tertiary/aromatic N) is 4. The summed E-state index contributed by atoms with van der Waals surface area (Å²) in [7, 11) is 0. The number of hydrogen-bond acceptors (Lipinski definition) is 5. The Hall–Kier alpha value is -3.19. The van der Waals surface area contributed by atoms with Gasteiger partial charge in [0.05, 0.1) is 16.6 Å². The Bertz CT molecular complexity index is 1360. The molecule has 1 aromatic carbocycles. The molecule has 8 heteroatoms. The van der Waals surface area contributed by atoms with Crippen molar-refractivity contribution in [1.82, 2.24) is 19.6 Å². The van der Waals surface area contributed by atoms with E-state index in [9.17, 15) is 9.59 Å². The minimum atomic E-state index is -0.150. The first kappa shape index (κ1) is 20.7. The normalized spacial score (nSPS) is 16.7. The summed E-state index contributed by atoms with van der Waals surface area (Å²) in [5.74, 6) is 0.567. The number of aryl methyl sites for hydroxylation is 2. The molecule has 32 heavy (non-hydrogen) atoms. The highest BCUT2D eigenvalue weighted by Crippen LogP contribution is 2.33. The third kappa shape index (κ3) is 3.56. The third-order valence-electron chi connectivity index (χ3n) is 6.25. The third-order valence-corrected chi connectivity index (χ3v) is 6.56. The number of likely N-dealkylation sites (tertiary alicyclic amines) is 1. The number of piperidine rings is 1. The Morgan fingerprint density at radius 1 is 1.25 bits per heavy atom. The van der Waals surface area contributed by atoms with E-state index in [4.69, 9.17) is 16.1 Å². The minimum absolute atomic E-state index is 0.0937. The monoisotopic (exact) mass is 450 g/mol. The van der Waals surface area contributed by atoms with Crippen LogP contribution in [0.5, 0.6) is 0 Å². The topological polar surface area (TPSA) is 81.2 Å². The molecule has 0 spiro atoms. The summed E-state index contributed by atoms with van der Waals surface area (Å²) < 4.78 is 7.13. The second kappa shape index (κ2) is 8.39. The lowest BCUT2D eigenvalue weighted by Crippen LogP contribution is -2.43. The van der Waals surface area contributed by atoms with E-state index in [2.05, 4.69) is 10.1 Å². The highest BCUT2D eigenvalue weighted by molar-refractivity contribution is 6.37. The molecule has 0 radical (unpaired) electrons. The standard InChI is InChI=1S/C24H23ClN4O3/c1-15-21-23(27-32-15)22-18(25)7-2-8-19(22)29(24(21)31)17-6-4-12-28(14-17)20(30)10-9-16-5-3-11-26-13-16/h2-3,5,7-8,11,13,17H,4,6,9-10,12,14H2,1H3. The number of hydrogen-bond donors (Lipinski definition) is 0.